The predicted molar refractivity (Wildman–Crippen MR) is 111 cm³/mol. The Labute approximate surface area is 167 Å². The molecule has 6 nitrogen and oxygen atoms in total. The quantitative estimate of drug-likeness (QED) is 0.651. The fourth-order valence-electron chi connectivity index (χ4n) is 2.30. The molecule has 0 aliphatic heterocycles. The highest BCUT2D eigenvalue weighted by Gasteiger charge is 2.19. The number of carbonyl (C=O) groups excluding carboxylic acids is 1. The number of halogens is 1. The normalized spacial score (nSPS) is 13.3. The molecule has 148 valence electrons. The number of nitrogens with one attached hydrogen (secondary N) is 2. The molecule has 0 spiro atoms. The summed E-state index contributed by atoms with van der Waals surface area (Å²) in [6, 6.07) is 12.5. The predicted octanol–water partition coefficient (Wildman–Crippen LogP) is 3.13. The largest absolute Gasteiger partial charge is 0.324 e. The molecule has 0 aliphatic rings. The van der Waals surface area contributed by atoms with Gasteiger partial charge in [-0.2, -0.15) is 0 Å². The van der Waals surface area contributed by atoms with Gasteiger partial charge in [-0.15, -0.1) is 12.4 Å². The van der Waals surface area contributed by atoms with Gasteiger partial charge >= 0.3 is 0 Å². The van der Waals surface area contributed by atoms with Gasteiger partial charge in [-0.1, -0.05) is 42.8 Å². The molecule has 0 saturated heterocycles. The summed E-state index contributed by atoms with van der Waals surface area (Å²) in [5.74, 6) is -0.404. The van der Waals surface area contributed by atoms with Crippen molar-refractivity contribution in [3.05, 3.63) is 59.7 Å². The van der Waals surface area contributed by atoms with Crippen LogP contribution in [-0.2, 0) is 14.8 Å². The van der Waals surface area contributed by atoms with E-state index < -0.39 is 22.0 Å². The molecule has 0 saturated carbocycles. The van der Waals surface area contributed by atoms with E-state index in [1.165, 1.54) is 12.1 Å². The van der Waals surface area contributed by atoms with Crippen molar-refractivity contribution in [2.75, 3.05) is 5.32 Å². The van der Waals surface area contributed by atoms with Crippen LogP contribution in [0.15, 0.2) is 53.4 Å². The van der Waals surface area contributed by atoms with Crippen molar-refractivity contribution in [3.8, 4) is 0 Å². The van der Waals surface area contributed by atoms with Crippen LogP contribution in [0.3, 0.4) is 0 Å². The Bertz CT molecular complexity index is 870. The first-order valence-corrected chi connectivity index (χ1v) is 9.96. The Balaban J connectivity index is 0.00000364. The van der Waals surface area contributed by atoms with Crippen LogP contribution in [0.25, 0.3) is 0 Å². The lowest BCUT2D eigenvalue weighted by molar-refractivity contribution is -0.117. The molecule has 0 aromatic heterocycles. The summed E-state index contributed by atoms with van der Waals surface area (Å²) in [5.41, 5.74) is 8.15. The Morgan fingerprint density at radius 3 is 2.37 bits per heavy atom. The molecule has 0 radical (unpaired) electrons. The average Bonchev–Trinajstić information content (AvgIpc) is 2.61. The lowest BCUT2D eigenvalue weighted by atomic mass is 10.1. The van der Waals surface area contributed by atoms with Gasteiger partial charge in [0.2, 0.25) is 15.9 Å². The second-order valence-corrected chi connectivity index (χ2v) is 8.05. The summed E-state index contributed by atoms with van der Waals surface area (Å²) in [7, 11) is -3.64. The summed E-state index contributed by atoms with van der Waals surface area (Å²) in [5, 5.41) is 2.68. The molecule has 27 heavy (non-hydrogen) atoms. The third kappa shape index (κ3) is 6.32. The van der Waals surface area contributed by atoms with Gasteiger partial charge in [-0.05, 0) is 44.0 Å². The van der Waals surface area contributed by atoms with E-state index >= 15 is 0 Å². The number of benzene rings is 2. The van der Waals surface area contributed by atoms with Gasteiger partial charge in [0.25, 0.3) is 0 Å². The second kappa shape index (κ2) is 9.85. The minimum atomic E-state index is -3.64. The third-order valence-corrected chi connectivity index (χ3v) is 5.69. The maximum absolute atomic E-state index is 12.4. The lowest BCUT2D eigenvalue weighted by Crippen LogP contribution is -2.32. The van der Waals surface area contributed by atoms with Gasteiger partial charge in [0.1, 0.15) is 6.04 Å². The molecule has 0 bridgehead atoms. The first-order chi connectivity index (χ1) is 12.2. The number of carbonyl (C=O) groups is 1. The van der Waals surface area contributed by atoms with E-state index in [1.54, 1.807) is 31.2 Å². The molecular weight excluding hydrogens is 386 g/mol. The van der Waals surface area contributed by atoms with Gasteiger partial charge < -0.3 is 11.1 Å². The number of aryl methyl sites for hydroxylation is 1. The third-order valence-electron chi connectivity index (χ3n) is 4.10. The van der Waals surface area contributed by atoms with Crippen LogP contribution in [0, 0.1) is 6.92 Å². The fourth-order valence-corrected chi connectivity index (χ4v) is 3.67. The molecule has 0 fully saturated rings. The van der Waals surface area contributed by atoms with E-state index in [-0.39, 0.29) is 23.3 Å². The Hall–Kier alpha value is -1.93. The van der Waals surface area contributed by atoms with Crippen molar-refractivity contribution in [2.24, 2.45) is 5.73 Å². The molecule has 1 amide bonds. The molecule has 2 rings (SSSR count). The van der Waals surface area contributed by atoms with E-state index in [0.29, 0.717) is 17.7 Å². The van der Waals surface area contributed by atoms with Gasteiger partial charge in [0.15, 0.2) is 0 Å². The minimum Gasteiger partial charge on any atom is -0.324 e. The summed E-state index contributed by atoms with van der Waals surface area (Å²) < 4.78 is 27.3. The monoisotopic (exact) mass is 411 g/mol. The van der Waals surface area contributed by atoms with E-state index in [2.05, 4.69) is 10.0 Å². The standard InChI is InChI=1S/C19H25N3O3S.ClH/c1-4-14(3)22-26(24,25)17-7-5-6-16(12-17)21-19(23)18(20)15-10-8-13(2)9-11-15;/h5-12,14,18,22H,4,20H2,1-3H3,(H,21,23);1H. The molecule has 0 aliphatic carbocycles. The van der Waals surface area contributed by atoms with Crippen molar-refractivity contribution < 1.29 is 13.2 Å². The molecule has 2 atom stereocenters. The van der Waals surface area contributed by atoms with Gasteiger partial charge in [-0.25, -0.2) is 13.1 Å². The van der Waals surface area contributed by atoms with E-state index in [0.717, 1.165) is 5.56 Å². The van der Waals surface area contributed by atoms with Crippen molar-refractivity contribution in [1.29, 1.82) is 0 Å². The minimum absolute atomic E-state index is 0. The van der Waals surface area contributed by atoms with E-state index in [4.69, 9.17) is 5.73 Å². The van der Waals surface area contributed by atoms with E-state index in [9.17, 15) is 13.2 Å². The van der Waals surface area contributed by atoms with Crippen LogP contribution >= 0.6 is 12.4 Å². The maximum Gasteiger partial charge on any atom is 0.245 e. The number of sulfonamides is 1. The highest BCUT2D eigenvalue weighted by molar-refractivity contribution is 7.89. The van der Waals surface area contributed by atoms with Crippen molar-refractivity contribution in [1.82, 2.24) is 4.72 Å². The smallest absolute Gasteiger partial charge is 0.245 e. The Kier molecular flexibility index (Phi) is 8.43. The SMILES string of the molecule is CCC(C)NS(=O)(=O)c1cccc(NC(=O)C(N)c2ccc(C)cc2)c1.Cl. The molecule has 0 heterocycles. The molecule has 2 unspecified atom stereocenters. The zero-order valence-electron chi connectivity index (χ0n) is 15.6. The zero-order chi connectivity index (χ0) is 19.3. The van der Waals surface area contributed by atoms with Crippen molar-refractivity contribution in [2.45, 2.75) is 44.2 Å². The van der Waals surface area contributed by atoms with Crippen LogP contribution in [0.4, 0.5) is 5.69 Å². The number of nitrogens with two attached hydrogens (primary N) is 1. The summed E-state index contributed by atoms with van der Waals surface area (Å²) >= 11 is 0. The number of hydrogen-bond donors (Lipinski definition) is 3. The Morgan fingerprint density at radius 1 is 1.15 bits per heavy atom. The fraction of sp³-hybridized carbons (Fsp3) is 0.316. The van der Waals surface area contributed by atoms with Gasteiger partial charge in [0.05, 0.1) is 4.90 Å². The van der Waals surface area contributed by atoms with Gasteiger partial charge in [-0.3, -0.25) is 4.79 Å². The van der Waals surface area contributed by atoms with Crippen molar-refractivity contribution in [3.63, 3.8) is 0 Å². The number of hydrogen-bond acceptors (Lipinski definition) is 4. The van der Waals surface area contributed by atoms with Crippen LogP contribution in [0.2, 0.25) is 0 Å². The maximum atomic E-state index is 12.4. The van der Waals surface area contributed by atoms with Gasteiger partial charge in [0, 0.05) is 11.7 Å². The first-order valence-electron chi connectivity index (χ1n) is 8.48. The molecule has 4 N–H and O–H groups in total. The van der Waals surface area contributed by atoms with Crippen LogP contribution < -0.4 is 15.8 Å². The van der Waals surface area contributed by atoms with Crippen LogP contribution in [0.5, 0.6) is 0 Å². The molecule has 8 heteroatoms. The summed E-state index contributed by atoms with van der Waals surface area (Å²) in [4.78, 5) is 12.5. The number of anilines is 1. The molecule has 2 aromatic carbocycles. The summed E-state index contributed by atoms with van der Waals surface area (Å²) in [6.07, 6.45) is 0.682. The topological polar surface area (TPSA) is 101 Å². The molecular formula is C19H26ClN3O3S. The Morgan fingerprint density at radius 2 is 1.78 bits per heavy atom. The molecule has 2 aromatic rings. The first kappa shape index (κ1) is 23.1. The van der Waals surface area contributed by atoms with Crippen LogP contribution in [-0.4, -0.2) is 20.4 Å². The van der Waals surface area contributed by atoms with Crippen molar-refractivity contribution >= 4 is 34.0 Å². The lowest BCUT2D eigenvalue weighted by Gasteiger charge is -2.15. The average molecular weight is 412 g/mol. The zero-order valence-corrected chi connectivity index (χ0v) is 17.2. The second-order valence-electron chi connectivity index (χ2n) is 6.34. The summed E-state index contributed by atoms with van der Waals surface area (Å²) in [6.45, 7) is 5.65. The highest BCUT2D eigenvalue weighted by atomic mass is 35.5. The number of rotatable bonds is 7. The van der Waals surface area contributed by atoms with E-state index in [1.807, 2.05) is 26.0 Å². The highest BCUT2D eigenvalue weighted by Crippen LogP contribution is 2.18. The number of amides is 1. The van der Waals surface area contributed by atoms with Crippen LogP contribution in [0.1, 0.15) is 37.4 Å².